The zero-order valence-electron chi connectivity index (χ0n) is 9.29. The molecule has 1 aliphatic rings. The maximum atomic E-state index is 12.3. The van der Waals surface area contributed by atoms with Crippen LogP contribution in [0.15, 0.2) is 0 Å². The summed E-state index contributed by atoms with van der Waals surface area (Å²) in [4.78, 5) is 2.19. The minimum absolute atomic E-state index is 0.234. The normalized spacial score (nSPS) is 22.0. The second-order valence-corrected chi connectivity index (χ2v) is 5.05. The Morgan fingerprint density at radius 3 is 2.76 bits per heavy atom. The number of hydrogen-bond acceptors (Lipinski definition) is 5. The number of rotatable bonds is 3. The first-order valence-electron chi connectivity index (χ1n) is 5.31. The van der Waals surface area contributed by atoms with E-state index in [1.165, 1.54) is 0 Å². The molecule has 0 aliphatic carbocycles. The van der Waals surface area contributed by atoms with Crippen LogP contribution in [0.4, 0.5) is 18.3 Å². The van der Waals surface area contributed by atoms with Gasteiger partial charge in [0.15, 0.2) is 0 Å². The van der Waals surface area contributed by atoms with Gasteiger partial charge in [0.25, 0.3) is 0 Å². The monoisotopic (exact) mass is 266 g/mol. The zero-order valence-corrected chi connectivity index (χ0v) is 10.1. The summed E-state index contributed by atoms with van der Waals surface area (Å²) in [5.41, 5.74) is 0. The third-order valence-corrected chi connectivity index (χ3v) is 3.75. The highest BCUT2D eigenvalue weighted by Gasteiger charge is 2.35. The van der Waals surface area contributed by atoms with Crippen molar-refractivity contribution in [3.8, 4) is 0 Å². The zero-order chi connectivity index (χ0) is 12.5. The van der Waals surface area contributed by atoms with Crippen LogP contribution in [0, 0.1) is 0 Å². The van der Waals surface area contributed by atoms with Gasteiger partial charge in [0, 0.05) is 12.6 Å². The number of aromatic nitrogens is 2. The van der Waals surface area contributed by atoms with Crippen LogP contribution in [0.25, 0.3) is 0 Å². The highest BCUT2D eigenvalue weighted by molar-refractivity contribution is 7.15. The topological polar surface area (TPSA) is 41.0 Å². The molecule has 1 saturated heterocycles. The second-order valence-electron chi connectivity index (χ2n) is 4.07. The van der Waals surface area contributed by atoms with E-state index in [0.29, 0.717) is 23.9 Å². The molecule has 1 N–H and O–H groups in total. The van der Waals surface area contributed by atoms with Crippen molar-refractivity contribution in [1.29, 1.82) is 0 Å². The van der Waals surface area contributed by atoms with Crippen LogP contribution in [0.2, 0.25) is 0 Å². The molecule has 4 nitrogen and oxygen atoms in total. The van der Waals surface area contributed by atoms with E-state index in [-0.39, 0.29) is 5.13 Å². The summed E-state index contributed by atoms with van der Waals surface area (Å²) in [7, 11) is 2.01. The van der Waals surface area contributed by atoms with E-state index in [2.05, 4.69) is 20.4 Å². The summed E-state index contributed by atoms with van der Waals surface area (Å²) in [5.74, 6) is 0. The first-order valence-corrected chi connectivity index (χ1v) is 6.13. The number of likely N-dealkylation sites (tertiary alicyclic amines) is 1. The smallest absolute Gasteiger partial charge is 0.359 e. The van der Waals surface area contributed by atoms with Gasteiger partial charge >= 0.3 is 6.18 Å². The number of nitrogens with zero attached hydrogens (tertiary/aromatic N) is 3. The van der Waals surface area contributed by atoms with E-state index in [9.17, 15) is 13.2 Å². The molecule has 1 aromatic rings. The van der Waals surface area contributed by atoms with Crippen molar-refractivity contribution in [3.05, 3.63) is 5.01 Å². The van der Waals surface area contributed by atoms with Gasteiger partial charge in [0.1, 0.15) is 0 Å². The molecule has 1 fully saturated rings. The fourth-order valence-electron chi connectivity index (χ4n) is 1.85. The second kappa shape index (κ2) is 4.77. The van der Waals surface area contributed by atoms with E-state index >= 15 is 0 Å². The van der Waals surface area contributed by atoms with Gasteiger partial charge in [0.05, 0.1) is 0 Å². The van der Waals surface area contributed by atoms with Crippen molar-refractivity contribution < 1.29 is 13.2 Å². The molecule has 2 rings (SSSR count). The third kappa shape index (κ3) is 3.06. The van der Waals surface area contributed by atoms with Crippen molar-refractivity contribution in [2.75, 3.05) is 25.5 Å². The lowest BCUT2D eigenvalue weighted by atomic mass is 10.2. The number of nitrogens with one attached hydrogen (secondary N) is 1. The van der Waals surface area contributed by atoms with Gasteiger partial charge in [-0.15, -0.1) is 10.2 Å². The largest absolute Gasteiger partial charge is 0.445 e. The molecule has 1 atom stereocenters. The van der Waals surface area contributed by atoms with Crippen LogP contribution in [0.3, 0.4) is 0 Å². The van der Waals surface area contributed by atoms with Gasteiger partial charge in [-0.2, -0.15) is 13.2 Å². The Morgan fingerprint density at radius 1 is 1.47 bits per heavy atom. The minimum Gasteiger partial charge on any atom is -0.359 e. The van der Waals surface area contributed by atoms with Crippen molar-refractivity contribution in [1.82, 2.24) is 15.1 Å². The van der Waals surface area contributed by atoms with Gasteiger partial charge < -0.3 is 10.2 Å². The Bertz CT molecular complexity index is 379. The molecule has 0 aromatic carbocycles. The third-order valence-electron chi connectivity index (χ3n) is 2.83. The van der Waals surface area contributed by atoms with E-state index in [4.69, 9.17) is 0 Å². The average molecular weight is 266 g/mol. The molecule has 1 aliphatic heterocycles. The van der Waals surface area contributed by atoms with E-state index in [1.807, 2.05) is 7.05 Å². The molecule has 8 heteroatoms. The number of halogens is 3. The lowest BCUT2D eigenvalue weighted by Gasteiger charge is -2.18. The van der Waals surface area contributed by atoms with E-state index in [1.54, 1.807) is 0 Å². The van der Waals surface area contributed by atoms with E-state index in [0.717, 1.165) is 19.4 Å². The molecule has 2 heterocycles. The summed E-state index contributed by atoms with van der Waals surface area (Å²) in [6, 6.07) is 0.369. The van der Waals surface area contributed by atoms with Crippen LogP contribution in [0.5, 0.6) is 0 Å². The Kier molecular flexibility index (Phi) is 3.53. The van der Waals surface area contributed by atoms with Crippen molar-refractivity contribution >= 4 is 16.5 Å². The molecule has 0 spiro atoms. The molecule has 17 heavy (non-hydrogen) atoms. The molecule has 1 unspecified atom stereocenters. The van der Waals surface area contributed by atoms with Crippen LogP contribution < -0.4 is 5.32 Å². The molecule has 0 bridgehead atoms. The standard InChI is InChI=1S/C9H13F3N4S/c1-16-4-2-3-6(16)5-13-8-15-14-7(17-8)9(10,11)12/h6H,2-5H2,1H3,(H,13,15). The Morgan fingerprint density at radius 2 is 2.24 bits per heavy atom. The average Bonchev–Trinajstić information content (AvgIpc) is 2.82. The van der Waals surface area contributed by atoms with Crippen LogP contribution in [-0.4, -0.2) is 41.3 Å². The fraction of sp³-hybridized carbons (Fsp3) is 0.778. The Labute approximate surface area is 101 Å². The molecular weight excluding hydrogens is 253 g/mol. The van der Waals surface area contributed by atoms with Gasteiger partial charge in [-0.25, -0.2) is 0 Å². The molecule has 96 valence electrons. The summed E-state index contributed by atoms with van der Waals surface area (Å²) >= 11 is 0.548. The SMILES string of the molecule is CN1CCCC1CNc1nnc(C(F)(F)F)s1. The summed E-state index contributed by atoms with van der Waals surface area (Å²) in [6.07, 6.45) is -2.21. The highest BCUT2D eigenvalue weighted by Crippen LogP contribution is 2.33. The lowest BCUT2D eigenvalue weighted by molar-refractivity contribution is -0.138. The number of alkyl halides is 3. The predicted molar refractivity (Wildman–Crippen MR) is 59.1 cm³/mol. The maximum absolute atomic E-state index is 12.3. The number of likely N-dealkylation sites (N-methyl/N-ethyl adjacent to an activating group) is 1. The first-order chi connectivity index (χ1) is 7.97. The van der Waals surface area contributed by atoms with Gasteiger partial charge in [-0.1, -0.05) is 11.3 Å². The van der Waals surface area contributed by atoms with Crippen LogP contribution in [-0.2, 0) is 6.18 Å². The van der Waals surface area contributed by atoms with Gasteiger partial charge in [0.2, 0.25) is 10.1 Å². The Hall–Kier alpha value is -0.890. The van der Waals surface area contributed by atoms with E-state index < -0.39 is 11.2 Å². The quantitative estimate of drug-likeness (QED) is 0.909. The van der Waals surface area contributed by atoms with Crippen molar-refractivity contribution in [2.45, 2.75) is 25.1 Å². The maximum Gasteiger partial charge on any atom is 0.445 e. The number of anilines is 1. The van der Waals surface area contributed by atoms with Crippen molar-refractivity contribution in [2.24, 2.45) is 0 Å². The fourth-order valence-corrected chi connectivity index (χ4v) is 2.47. The van der Waals surface area contributed by atoms with Gasteiger partial charge in [-0.3, -0.25) is 0 Å². The van der Waals surface area contributed by atoms with Crippen molar-refractivity contribution in [3.63, 3.8) is 0 Å². The summed E-state index contributed by atoms with van der Waals surface area (Å²) in [5, 5.41) is 8.85. The highest BCUT2D eigenvalue weighted by atomic mass is 32.1. The molecule has 0 amide bonds. The van der Waals surface area contributed by atoms with Gasteiger partial charge in [-0.05, 0) is 26.4 Å². The summed E-state index contributed by atoms with van der Waals surface area (Å²) < 4.78 is 36.8. The molecule has 0 radical (unpaired) electrons. The number of hydrogen-bond donors (Lipinski definition) is 1. The predicted octanol–water partition coefficient (Wildman–Crippen LogP) is 2.06. The molecule has 0 saturated carbocycles. The van der Waals surface area contributed by atoms with Crippen LogP contribution in [0.1, 0.15) is 17.8 Å². The molecule has 1 aromatic heterocycles. The minimum atomic E-state index is -4.40. The lowest BCUT2D eigenvalue weighted by Crippen LogP contribution is -2.31. The Balaban J connectivity index is 1.89. The molecular formula is C9H13F3N4S. The summed E-state index contributed by atoms with van der Waals surface area (Å²) in [6.45, 7) is 1.65. The van der Waals surface area contributed by atoms with Crippen LogP contribution >= 0.6 is 11.3 Å². The first kappa shape index (κ1) is 12.6.